The van der Waals surface area contributed by atoms with Crippen LogP contribution in [0.15, 0.2) is 34.2 Å². The van der Waals surface area contributed by atoms with Gasteiger partial charge >= 0.3 is 11.7 Å². The van der Waals surface area contributed by atoms with E-state index in [1.54, 1.807) is 13.8 Å². The second kappa shape index (κ2) is 4.66. The molecule has 1 aromatic heterocycles. The smallest absolute Gasteiger partial charge is 0.331 e. The normalized spacial score (nSPS) is 29.1. The predicted octanol–water partition coefficient (Wildman–Crippen LogP) is 0.537. The molecule has 2 heterocycles. The second-order valence-corrected chi connectivity index (χ2v) is 4.95. The maximum absolute atomic E-state index is 11.9. The number of rotatable bonds is 2. The van der Waals surface area contributed by atoms with Crippen LogP contribution < -0.4 is 11.2 Å². The first-order valence-electron chi connectivity index (χ1n) is 6.12. The molecule has 2 rings (SSSR count). The number of carbonyl (C=O) groups is 1. The molecule has 1 saturated heterocycles. The predicted molar refractivity (Wildman–Crippen MR) is 69.9 cm³/mol. The van der Waals surface area contributed by atoms with Crippen molar-refractivity contribution in [1.82, 2.24) is 9.55 Å². The number of nitrogens with one attached hydrogen (secondary N) is 1. The minimum Gasteiger partial charge on any atom is -0.470 e. The van der Waals surface area contributed by atoms with Gasteiger partial charge in [-0.15, -0.1) is 0 Å². The molecule has 1 aliphatic rings. The number of hydrogen-bond acceptors (Lipinski definition) is 5. The number of nitrogens with zero attached hydrogens (tertiary/aromatic N) is 1. The van der Waals surface area contributed by atoms with Gasteiger partial charge in [-0.1, -0.05) is 13.5 Å². The Bertz CT molecular complexity index is 674. The van der Waals surface area contributed by atoms with Gasteiger partial charge < -0.3 is 9.47 Å². The van der Waals surface area contributed by atoms with Crippen molar-refractivity contribution in [2.75, 3.05) is 0 Å². The summed E-state index contributed by atoms with van der Waals surface area (Å²) >= 11 is 0. The van der Waals surface area contributed by atoms with Gasteiger partial charge in [0, 0.05) is 19.2 Å². The molecule has 0 bridgehead atoms. The van der Waals surface area contributed by atoms with Gasteiger partial charge in [-0.2, -0.15) is 0 Å². The van der Waals surface area contributed by atoms with E-state index < -0.39 is 29.0 Å². The van der Waals surface area contributed by atoms with E-state index in [1.165, 1.54) is 23.8 Å². The van der Waals surface area contributed by atoms with Crippen molar-refractivity contribution < 1.29 is 14.3 Å². The third-order valence-corrected chi connectivity index (χ3v) is 3.56. The standard InChI is InChI=1S/C13H16N2O5/c1-7-8(2)19-11(13(7,4)20-9(3)16)15-6-5-10(17)14-12(15)18/h5-7,11H,2H2,1,3-4H3,(H,14,17,18)/t7-,11-,13-/m1/s1. The monoisotopic (exact) mass is 280 g/mol. The van der Waals surface area contributed by atoms with E-state index in [2.05, 4.69) is 11.6 Å². The Morgan fingerprint density at radius 3 is 2.75 bits per heavy atom. The molecule has 7 nitrogen and oxygen atoms in total. The van der Waals surface area contributed by atoms with E-state index in [-0.39, 0.29) is 5.92 Å². The maximum Gasteiger partial charge on any atom is 0.331 e. The number of H-pyrrole nitrogens is 1. The van der Waals surface area contributed by atoms with Crippen molar-refractivity contribution in [2.24, 2.45) is 5.92 Å². The summed E-state index contributed by atoms with van der Waals surface area (Å²) in [6.07, 6.45) is 0.428. The van der Waals surface area contributed by atoms with E-state index in [4.69, 9.17) is 9.47 Å². The molecule has 0 spiro atoms. The van der Waals surface area contributed by atoms with Crippen molar-refractivity contribution in [1.29, 1.82) is 0 Å². The molecule has 0 unspecified atom stereocenters. The van der Waals surface area contributed by atoms with Gasteiger partial charge in [0.2, 0.25) is 6.23 Å². The third kappa shape index (κ3) is 2.15. The van der Waals surface area contributed by atoms with Crippen molar-refractivity contribution in [3.05, 3.63) is 45.4 Å². The molecule has 7 heteroatoms. The van der Waals surface area contributed by atoms with Crippen LogP contribution in [0.4, 0.5) is 0 Å². The Labute approximate surface area is 114 Å². The SMILES string of the molecule is C=C1O[C@@H](n2ccc(=O)[nH]c2=O)[C@](C)(OC(C)=O)[C@@H]1C. The molecule has 0 aliphatic carbocycles. The first kappa shape index (κ1) is 14.1. The molecule has 1 N–H and O–H groups in total. The number of hydrogen-bond donors (Lipinski definition) is 1. The van der Waals surface area contributed by atoms with Crippen LogP contribution in [0.5, 0.6) is 0 Å². The van der Waals surface area contributed by atoms with Crippen LogP contribution in [-0.2, 0) is 14.3 Å². The molecule has 108 valence electrons. The minimum absolute atomic E-state index is 0.296. The largest absolute Gasteiger partial charge is 0.470 e. The van der Waals surface area contributed by atoms with Crippen LogP contribution in [0.2, 0.25) is 0 Å². The van der Waals surface area contributed by atoms with Gasteiger partial charge in [-0.05, 0) is 6.92 Å². The number of carbonyl (C=O) groups excluding carboxylic acids is 1. The Morgan fingerprint density at radius 2 is 2.20 bits per heavy atom. The Kier molecular flexibility index (Phi) is 3.29. The molecule has 0 aromatic carbocycles. The van der Waals surface area contributed by atoms with Gasteiger partial charge in [0.25, 0.3) is 5.56 Å². The van der Waals surface area contributed by atoms with Crippen molar-refractivity contribution in [3.8, 4) is 0 Å². The summed E-state index contributed by atoms with van der Waals surface area (Å²) in [7, 11) is 0. The van der Waals surface area contributed by atoms with Crippen LogP contribution in [0, 0.1) is 5.92 Å². The Morgan fingerprint density at radius 1 is 1.55 bits per heavy atom. The van der Waals surface area contributed by atoms with Crippen LogP contribution in [0.3, 0.4) is 0 Å². The first-order valence-corrected chi connectivity index (χ1v) is 6.12. The third-order valence-electron chi connectivity index (χ3n) is 3.56. The van der Waals surface area contributed by atoms with E-state index >= 15 is 0 Å². The molecule has 20 heavy (non-hydrogen) atoms. The number of esters is 1. The molecule has 1 aromatic rings. The summed E-state index contributed by atoms with van der Waals surface area (Å²) in [5.41, 5.74) is -2.22. The summed E-state index contributed by atoms with van der Waals surface area (Å²) in [5, 5.41) is 0. The topological polar surface area (TPSA) is 90.4 Å². The number of ether oxygens (including phenoxy) is 2. The van der Waals surface area contributed by atoms with E-state index in [0.717, 1.165) is 0 Å². The molecule has 0 saturated carbocycles. The zero-order valence-electron chi connectivity index (χ0n) is 11.5. The maximum atomic E-state index is 11.9. The minimum atomic E-state index is -1.08. The van der Waals surface area contributed by atoms with Gasteiger partial charge in [-0.3, -0.25) is 19.1 Å². The van der Waals surface area contributed by atoms with Crippen LogP contribution in [-0.4, -0.2) is 21.1 Å². The summed E-state index contributed by atoms with van der Waals surface area (Å²) in [4.78, 5) is 36.4. The summed E-state index contributed by atoms with van der Waals surface area (Å²) in [5.74, 6) is -0.368. The number of aromatic nitrogens is 2. The lowest BCUT2D eigenvalue weighted by molar-refractivity contribution is -0.170. The quantitative estimate of drug-likeness (QED) is 0.798. The zero-order valence-corrected chi connectivity index (χ0v) is 11.5. The average Bonchev–Trinajstić information content (AvgIpc) is 2.53. The lowest BCUT2D eigenvalue weighted by atomic mass is 9.90. The van der Waals surface area contributed by atoms with Gasteiger partial charge in [0.05, 0.1) is 11.7 Å². The Balaban J connectivity index is 2.53. The first-order chi connectivity index (χ1) is 9.25. The highest BCUT2D eigenvalue weighted by Gasteiger charge is 2.53. The van der Waals surface area contributed by atoms with Crippen molar-refractivity contribution >= 4 is 5.97 Å². The highest BCUT2D eigenvalue weighted by molar-refractivity contribution is 5.66. The van der Waals surface area contributed by atoms with Crippen LogP contribution >= 0.6 is 0 Å². The van der Waals surface area contributed by atoms with Gasteiger partial charge in [-0.25, -0.2) is 4.79 Å². The summed E-state index contributed by atoms with van der Waals surface area (Å²) in [6.45, 7) is 8.50. The van der Waals surface area contributed by atoms with E-state index in [0.29, 0.717) is 5.76 Å². The highest BCUT2D eigenvalue weighted by Crippen LogP contribution is 2.45. The highest BCUT2D eigenvalue weighted by atomic mass is 16.6. The Hall–Kier alpha value is -2.31. The number of aromatic amines is 1. The summed E-state index contributed by atoms with van der Waals surface area (Å²) in [6, 6.07) is 1.20. The zero-order chi connectivity index (χ0) is 15.1. The molecule has 1 aliphatic heterocycles. The second-order valence-electron chi connectivity index (χ2n) is 4.95. The van der Waals surface area contributed by atoms with Gasteiger partial charge in [0.1, 0.15) is 0 Å². The van der Waals surface area contributed by atoms with Gasteiger partial charge in [0.15, 0.2) is 5.60 Å². The fourth-order valence-electron chi connectivity index (χ4n) is 2.29. The van der Waals surface area contributed by atoms with Crippen LogP contribution in [0.1, 0.15) is 27.0 Å². The van der Waals surface area contributed by atoms with E-state index in [9.17, 15) is 14.4 Å². The molecule has 0 radical (unpaired) electrons. The van der Waals surface area contributed by atoms with Crippen molar-refractivity contribution in [3.63, 3.8) is 0 Å². The van der Waals surface area contributed by atoms with Crippen molar-refractivity contribution in [2.45, 2.75) is 32.6 Å². The average molecular weight is 280 g/mol. The fraction of sp³-hybridized carbons (Fsp3) is 0.462. The van der Waals surface area contributed by atoms with E-state index in [1.807, 2.05) is 0 Å². The lowest BCUT2D eigenvalue weighted by Crippen LogP contribution is -2.45. The molecule has 3 atom stereocenters. The molecule has 1 fully saturated rings. The molecule has 0 amide bonds. The molecular weight excluding hydrogens is 264 g/mol. The molecular formula is C13H16N2O5. The lowest BCUT2D eigenvalue weighted by Gasteiger charge is -2.31. The fourth-order valence-corrected chi connectivity index (χ4v) is 2.29. The van der Waals surface area contributed by atoms with Crippen LogP contribution in [0.25, 0.3) is 0 Å². The summed E-state index contributed by atoms with van der Waals surface area (Å²) < 4.78 is 12.1.